The highest BCUT2D eigenvalue weighted by molar-refractivity contribution is 7.32. The van der Waals surface area contributed by atoms with Gasteiger partial charge in [0.15, 0.2) is 0 Å². The summed E-state index contributed by atoms with van der Waals surface area (Å²) in [5, 5.41) is 5.91. The van der Waals surface area contributed by atoms with E-state index in [9.17, 15) is 13.2 Å². The molecule has 0 radical (unpaired) electrons. The lowest BCUT2D eigenvalue weighted by atomic mass is 9.99. The zero-order chi connectivity index (χ0) is 23.3. The van der Waals surface area contributed by atoms with Crippen LogP contribution in [0.3, 0.4) is 0 Å². The normalized spacial score (nSPS) is 12.0. The zero-order valence-electron chi connectivity index (χ0n) is 17.5. The standard InChI is InChI=1S/C27H16F3O3P/c28-27(29,30)19-11-13-20(14-12-19)31-34-32-23-15-9-17-5-1-3-7-21(17)25(23)26-22-8-4-2-6-18(22)10-16-24(26)33-34/h1-16H. The molecule has 0 atom stereocenters. The topological polar surface area (TPSA) is 35.5 Å². The van der Waals surface area contributed by atoms with Gasteiger partial charge in [-0.25, -0.2) is 0 Å². The van der Waals surface area contributed by atoms with E-state index in [1.165, 1.54) is 12.1 Å². The molecule has 1 heterocycles. The first kappa shape index (κ1) is 20.7. The van der Waals surface area contributed by atoms with Crippen molar-refractivity contribution in [3.63, 3.8) is 0 Å². The lowest BCUT2D eigenvalue weighted by Gasteiger charge is -2.07. The highest BCUT2D eigenvalue weighted by atomic mass is 31.1. The third-order valence-electron chi connectivity index (χ3n) is 5.74. The van der Waals surface area contributed by atoms with E-state index in [0.29, 0.717) is 11.2 Å². The van der Waals surface area contributed by atoms with Crippen molar-refractivity contribution in [2.24, 2.45) is 0 Å². The van der Waals surface area contributed by atoms with Gasteiger partial charge in [-0.2, -0.15) is 13.2 Å². The highest BCUT2D eigenvalue weighted by Gasteiger charge is 2.30. The molecule has 0 aliphatic carbocycles. The Morgan fingerprint density at radius 1 is 0.588 bits per heavy atom. The summed E-state index contributed by atoms with van der Waals surface area (Å²) in [7, 11) is -1.98. The minimum absolute atomic E-state index is 0.227. The van der Waals surface area contributed by atoms with Crippen molar-refractivity contribution in [2.45, 2.75) is 6.18 Å². The molecule has 0 unspecified atom stereocenters. The molecule has 0 saturated carbocycles. The van der Waals surface area contributed by atoms with Gasteiger partial charge in [0.05, 0.1) is 5.56 Å². The largest absolute Gasteiger partial charge is 0.453 e. The number of halogens is 3. The predicted molar refractivity (Wildman–Crippen MR) is 129 cm³/mol. The van der Waals surface area contributed by atoms with Gasteiger partial charge in [0, 0.05) is 10.8 Å². The van der Waals surface area contributed by atoms with Gasteiger partial charge in [0.2, 0.25) is 0 Å². The Bertz CT molecular complexity index is 1620. The highest BCUT2D eigenvalue weighted by Crippen LogP contribution is 2.42. The van der Waals surface area contributed by atoms with Crippen LogP contribution in [0.25, 0.3) is 43.5 Å². The number of rotatable bonds is 2. The fourth-order valence-corrected chi connectivity index (χ4v) is 5.21. The second kappa shape index (κ2) is 7.86. The lowest BCUT2D eigenvalue weighted by molar-refractivity contribution is -0.137. The van der Waals surface area contributed by atoms with Gasteiger partial charge in [-0.1, -0.05) is 60.7 Å². The van der Waals surface area contributed by atoms with E-state index < -0.39 is 20.0 Å². The lowest BCUT2D eigenvalue weighted by Crippen LogP contribution is -2.03. The SMILES string of the molecule is FC(F)(F)c1ccc(Op2oc3ccc4ccccc4c3c3c(ccc4ccccc43)o2)cc1. The van der Waals surface area contributed by atoms with Gasteiger partial charge in [0.1, 0.15) is 16.9 Å². The summed E-state index contributed by atoms with van der Waals surface area (Å²) in [5.74, 6) is 0.227. The fraction of sp³-hybridized carbons (Fsp3) is 0.0370. The fourth-order valence-electron chi connectivity index (χ4n) is 4.18. The maximum absolute atomic E-state index is 12.9. The summed E-state index contributed by atoms with van der Waals surface area (Å²) in [6, 6.07) is 28.2. The van der Waals surface area contributed by atoms with Crippen molar-refractivity contribution < 1.29 is 26.1 Å². The Kier molecular flexibility index (Phi) is 4.78. The average Bonchev–Trinajstić information content (AvgIpc) is 3.00. The molecule has 0 amide bonds. The molecule has 0 spiro atoms. The molecule has 0 aliphatic heterocycles. The molecule has 0 aliphatic rings. The minimum atomic E-state index is -4.42. The Morgan fingerprint density at radius 2 is 1.09 bits per heavy atom. The number of fused-ring (bicyclic) bond motifs is 7. The molecule has 0 bridgehead atoms. The van der Waals surface area contributed by atoms with E-state index in [-0.39, 0.29) is 5.75 Å². The van der Waals surface area contributed by atoms with Crippen molar-refractivity contribution in [1.29, 1.82) is 0 Å². The first-order chi connectivity index (χ1) is 16.5. The number of alkyl halides is 3. The second-order valence-corrected chi connectivity index (χ2v) is 8.83. The van der Waals surface area contributed by atoms with Crippen LogP contribution >= 0.6 is 8.24 Å². The summed E-state index contributed by atoms with van der Waals surface area (Å²) in [5.41, 5.74) is 0.433. The van der Waals surface area contributed by atoms with Crippen LogP contribution in [0.2, 0.25) is 0 Å². The summed E-state index contributed by atoms with van der Waals surface area (Å²) < 4.78 is 57.1. The van der Waals surface area contributed by atoms with E-state index >= 15 is 0 Å². The van der Waals surface area contributed by atoms with Crippen LogP contribution < -0.4 is 4.52 Å². The van der Waals surface area contributed by atoms with Gasteiger partial charge < -0.3 is 12.9 Å². The molecular formula is C27H16F3O3P. The summed E-state index contributed by atoms with van der Waals surface area (Å²) in [6.07, 6.45) is -4.42. The summed E-state index contributed by atoms with van der Waals surface area (Å²) in [6.45, 7) is 0. The third-order valence-corrected chi connectivity index (χ3v) is 6.79. The number of benzene rings is 5. The second-order valence-electron chi connectivity index (χ2n) is 7.84. The Labute approximate surface area is 192 Å². The van der Waals surface area contributed by atoms with Crippen LogP contribution in [0, 0.1) is 0 Å². The van der Waals surface area contributed by atoms with Crippen molar-refractivity contribution in [2.75, 3.05) is 0 Å². The summed E-state index contributed by atoms with van der Waals surface area (Å²) in [4.78, 5) is 0. The smallest absolute Gasteiger partial charge is 0.391 e. The van der Waals surface area contributed by atoms with Gasteiger partial charge in [0.25, 0.3) is 0 Å². The van der Waals surface area contributed by atoms with Crippen LogP contribution in [0.4, 0.5) is 13.2 Å². The molecule has 34 heavy (non-hydrogen) atoms. The maximum Gasteiger partial charge on any atom is 0.453 e. The van der Waals surface area contributed by atoms with Crippen molar-refractivity contribution in [3.05, 3.63) is 103 Å². The van der Waals surface area contributed by atoms with Crippen LogP contribution in [0.15, 0.2) is 105 Å². The third kappa shape index (κ3) is 3.57. The quantitative estimate of drug-likeness (QED) is 0.250. The molecule has 6 aromatic rings. The predicted octanol–water partition coefficient (Wildman–Crippen LogP) is 9.46. The molecule has 0 saturated heterocycles. The van der Waals surface area contributed by atoms with Crippen LogP contribution in [-0.4, -0.2) is 0 Å². The number of hydrogen-bond donors (Lipinski definition) is 0. The molecule has 7 heteroatoms. The zero-order valence-corrected chi connectivity index (χ0v) is 18.4. The Balaban J connectivity index is 1.65. The summed E-state index contributed by atoms with van der Waals surface area (Å²) >= 11 is 0. The Morgan fingerprint density at radius 3 is 1.59 bits per heavy atom. The van der Waals surface area contributed by atoms with E-state index in [4.69, 9.17) is 12.9 Å². The minimum Gasteiger partial charge on any atom is -0.391 e. The van der Waals surface area contributed by atoms with Gasteiger partial charge in [-0.3, -0.25) is 0 Å². The van der Waals surface area contributed by atoms with Crippen molar-refractivity contribution >= 4 is 51.7 Å². The molecule has 0 fully saturated rings. The van der Waals surface area contributed by atoms with Gasteiger partial charge in [-0.15, -0.1) is 0 Å². The van der Waals surface area contributed by atoms with E-state index in [0.717, 1.165) is 44.5 Å². The molecule has 3 nitrogen and oxygen atoms in total. The first-order valence-electron chi connectivity index (χ1n) is 10.5. The van der Waals surface area contributed by atoms with E-state index in [1.54, 1.807) is 0 Å². The monoisotopic (exact) mass is 476 g/mol. The molecular weight excluding hydrogens is 460 g/mol. The first-order valence-corrected chi connectivity index (χ1v) is 11.6. The van der Waals surface area contributed by atoms with Crippen molar-refractivity contribution in [1.82, 2.24) is 0 Å². The molecule has 0 N–H and O–H groups in total. The number of hydrogen-bond acceptors (Lipinski definition) is 3. The average molecular weight is 476 g/mol. The van der Waals surface area contributed by atoms with E-state index in [2.05, 4.69) is 0 Å². The van der Waals surface area contributed by atoms with Gasteiger partial charge >= 0.3 is 14.4 Å². The molecule has 1 aromatic heterocycles. The van der Waals surface area contributed by atoms with Crippen molar-refractivity contribution in [3.8, 4) is 5.75 Å². The van der Waals surface area contributed by atoms with Crippen LogP contribution in [-0.2, 0) is 6.18 Å². The maximum atomic E-state index is 12.9. The molecule has 168 valence electrons. The molecule has 5 aromatic carbocycles. The van der Waals surface area contributed by atoms with Crippen LogP contribution in [0.1, 0.15) is 5.56 Å². The molecule has 6 rings (SSSR count). The van der Waals surface area contributed by atoms with Crippen LogP contribution in [0.5, 0.6) is 5.75 Å². The van der Waals surface area contributed by atoms with Gasteiger partial charge in [-0.05, 0) is 57.9 Å². The van der Waals surface area contributed by atoms with E-state index in [1.807, 2.05) is 72.8 Å². The Hall–Kier alpha value is -3.89.